The zero-order chi connectivity index (χ0) is 5.28. The van der Waals surface area contributed by atoms with E-state index < -0.39 is 12.1 Å². The summed E-state index contributed by atoms with van der Waals surface area (Å²) in [5.74, 6) is 0. The minimum absolute atomic E-state index is 0.745. The highest BCUT2D eigenvalue weighted by Gasteiger charge is 2.20. The van der Waals surface area contributed by atoms with Gasteiger partial charge in [-0.05, 0) is 0 Å². The molecule has 1 fully saturated rings. The van der Waals surface area contributed by atoms with Crippen LogP contribution in [0, 0.1) is 0 Å². The zero-order valence-electron chi connectivity index (χ0n) is 3.17. The highest BCUT2D eigenvalue weighted by molar-refractivity contribution is 5.94. The van der Waals surface area contributed by atoms with E-state index in [1.165, 1.54) is 0 Å². The standard InChI is InChI=1S/C2HN2O3/c5-1-3-2(6)7-4-1/h(H,4,5). The SMILES string of the molecule is O=C1[N]C(=O)ON1. The van der Waals surface area contributed by atoms with Crippen molar-refractivity contribution in [2.24, 2.45) is 0 Å². The van der Waals surface area contributed by atoms with Crippen LogP contribution in [0.4, 0.5) is 9.59 Å². The van der Waals surface area contributed by atoms with Gasteiger partial charge in [-0.1, -0.05) is 0 Å². The third-order valence-corrected chi connectivity index (χ3v) is 0.418. The van der Waals surface area contributed by atoms with Gasteiger partial charge in [0.15, 0.2) is 0 Å². The Morgan fingerprint density at radius 2 is 2.29 bits per heavy atom. The first-order chi connectivity index (χ1) is 3.29. The first-order valence-corrected chi connectivity index (χ1v) is 1.51. The van der Waals surface area contributed by atoms with Crippen LogP contribution in [0.15, 0.2) is 0 Å². The van der Waals surface area contributed by atoms with Crippen molar-refractivity contribution >= 4 is 12.1 Å². The number of amides is 3. The monoisotopic (exact) mass is 101 g/mol. The number of carbonyl (C=O) groups excluding carboxylic acids is 2. The van der Waals surface area contributed by atoms with Crippen molar-refractivity contribution in [2.75, 3.05) is 0 Å². The van der Waals surface area contributed by atoms with Crippen molar-refractivity contribution in [3.8, 4) is 0 Å². The van der Waals surface area contributed by atoms with Gasteiger partial charge in [-0.25, -0.2) is 9.59 Å². The zero-order valence-corrected chi connectivity index (χ0v) is 3.17. The molecule has 3 amide bonds. The average Bonchev–Trinajstić information content (AvgIpc) is 1.87. The maximum atomic E-state index is 9.83. The van der Waals surface area contributed by atoms with E-state index in [1.54, 1.807) is 5.48 Å². The molecular formula is C2HN2O3. The molecule has 1 aliphatic heterocycles. The summed E-state index contributed by atoms with van der Waals surface area (Å²) < 4.78 is 0. The van der Waals surface area contributed by atoms with Crippen LogP contribution in [0.5, 0.6) is 0 Å². The molecule has 1 aliphatic rings. The van der Waals surface area contributed by atoms with Crippen LogP contribution >= 0.6 is 0 Å². The van der Waals surface area contributed by atoms with Gasteiger partial charge in [-0.2, -0.15) is 5.48 Å². The van der Waals surface area contributed by atoms with Gasteiger partial charge in [0.2, 0.25) is 0 Å². The molecule has 5 heteroatoms. The Kier molecular flexibility index (Phi) is 0.619. The van der Waals surface area contributed by atoms with Crippen LogP contribution in [0.25, 0.3) is 0 Å². The summed E-state index contributed by atoms with van der Waals surface area (Å²) in [5.41, 5.74) is 1.71. The van der Waals surface area contributed by atoms with Crippen LogP contribution in [0.1, 0.15) is 0 Å². The smallest absolute Gasteiger partial charge is 0.318 e. The Balaban J connectivity index is 2.55. The molecule has 37 valence electrons. The topological polar surface area (TPSA) is 69.5 Å². The number of urea groups is 1. The number of hydroxylamine groups is 1. The Hall–Kier alpha value is -1.26. The molecule has 0 bridgehead atoms. The highest BCUT2D eigenvalue weighted by Crippen LogP contribution is 1.82. The summed E-state index contributed by atoms with van der Waals surface area (Å²) in [6.45, 7) is 0. The van der Waals surface area contributed by atoms with E-state index in [1.807, 2.05) is 0 Å². The predicted molar refractivity (Wildman–Crippen MR) is 17.1 cm³/mol. The van der Waals surface area contributed by atoms with Crippen LogP contribution in [0.2, 0.25) is 0 Å². The lowest BCUT2D eigenvalue weighted by atomic mass is 11.0. The van der Waals surface area contributed by atoms with Gasteiger partial charge < -0.3 is 4.84 Å². The minimum Gasteiger partial charge on any atom is -0.318 e. The first-order valence-electron chi connectivity index (χ1n) is 1.51. The summed E-state index contributed by atoms with van der Waals surface area (Å²) in [7, 11) is 0. The normalized spacial score (nSPS) is 17.7. The van der Waals surface area contributed by atoms with E-state index >= 15 is 0 Å². The molecule has 0 aromatic rings. The van der Waals surface area contributed by atoms with Crippen molar-refractivity contribution in [1.29, 1.82) is 0 Å². The number of nitrogens with zero attached hydrogens (tertiary/aromatic N) is 1. The number of carbonyl (C=O) groups is 2. The molecule has 0 aliphatic carbocycles. The van der Waals surface area contributed by atoms with Gasteiger partial charge in [0.25, 0.3) is 0 Å². The molecule has 0 unspecified atom stereocenters. The molecule has 1 saturated heterocycles. The number of imide groups is 1. The fraction of sp³-hybridized carbons (Fsp3) is 0. The Morgan fingerprint density at radius 1 is 1.57 bits per heavy atom. The number of rotatable bonds is 0. The summed E-state index contributed by atoms with van der Waals surface area (Å²) in [6, 6.07) is -0.745. The maximum absolute atomic E-state index is 9.83. The molecule has 1 radical (unpaired) electrons. The molecule has 1 N–H and O–H groups in total. The van der Waals surface area contributed by atoms with Crippen molar-refractivity contribution in [2.45, 2.75) is 0 Å². The second-order valence-corrected chi connectivity index (χ2v) is 0.887. The third kappa shape index (κ3) is 0.594. The molecule has 1 heterocycles. The Labute approximate surface area is 38.6 Å². The van der Waals surface area contributed by atoms with Gasteiger partial charge in [0.1, 0.15) is 0 Å². The first kappa shape index (κ1) is 3.91. The largest absolute Gasteiger partial charge is 0.462 e. The van der Waals surface area contributed by atoms with Crippen molar-refractivity contribution in [3.63, 3.8) is 0 Å². The summed E-state index contributed by atoms with van der Waals surface area (Å²) in [5, 5.41) is 2.78. The second kappa shape index (κ2) is 1.11. The van der Waals surface area contributed by atoms with Gasteiger partial charge in [0, 0.05) is 0 Å². The van der Waals surface area contributed by atoms with Crippen LogP contribution < -0.4 is 10.8 Å². The molecule has 1 rings (SSSR count). The molecule has 5 nitrogen and oxygen atoms in total. The summed E-state index contributed by atoms with van der Waals surface area (Å²) in [4.78, 5) is 23.5. The Bertz CT molecular complexity index is 106. The lowest BCUT2D eigenvalue weighted by Gasteiger charge is -1.78. The molecule has 0 aromatic carbocycles. The maximum Gasteiger partial charge on any atom is 0.462 e. The van der Waals surface area contributed by atoms with Crippen LogP contribution in [-0.2, 0) is 4.84 Å². The number of nitrogens with one attached hydrogen (secondary N) is 1. The van der Waals surface area contributed by atoms with E-state index in [9.17, 15) is 9.59 Å². The molecule has 0 atom stereocenters. The van der Waals surface area contributed by atoms with Gasteiger partial charge >= 0.3 is 12.1 Å². The molecule has 0 spiro atoms. The minimum atomic E-state index is -0.884. The summed E-state index contributed by atoms with van der Waals surface area (Å²) in [6.07, 6.45) is -0.884. The lowest BCUT2D eigenvalue weighted by molar-refractivity contribution is 0.135. The molecular weight excluding hydrogens is 100 g/mol. The van der Waals surface area contributed by atoms with E-state index in [-0.39, 0.29) is 0 Å². The highest BCUT2D eigenvalue weighted by atomic mass is 16.7. The molecule has 7 heavy (non-hydrogen) atoms. The van der Waals surface area contributed by atoms with Crippen LogP contribution in [0.3, 0.4) is 0 Å². The van der Waals surface area contributed by atoms with Crippen molar-refractivity contribution in [3.05, 3.63) is 0 Å². The van der Waals surface area contributed by atoms with Crippen molar-refractivity contribution in [1.82, 2.24) is 10.8 Å². The number of hydrogen-bond acceptors (Lipinski definition) is 3. The van der Waals surface area contributed by atoms with Crippen LogP contribution in [-0.4, -0.2) is 12.1 Å². The van der Waals surface area contributed by atoms with Crippen molar-refractivity contribution < 1.29 is 14.4 Å². The van der Waals surface area contributed by atoms with E-state index in [2.05, 4.69) is 10.2 Å². The van der Waals surface area contributed by atoms with Gasteiger partial charge in [0.05, 0.1) is 0 Å². The third-order valence-electron chi connectivity index (χ3n) is 0.418. The molecule has 0 aromatic heterocycles. The Morgan fingerprint density at radius 3 is 2.43 bits per heavy atom. The second-order valence-electron chi connectivity index (χ2n) is 0.887. The number of hydrogen-bond donors (Lipinski definition) is 1. The quantitative estimate of drug-likeness (QED) is 0.441. The van der Waals surface area contributed by atoms with Gasteiger partial charge in [-0.3, -0.25) is 0 Å². The van der Waals surface area contributed by atoms with E-state index in [4.69, 9.17) is 0 Å². The fourth-order valence-corrected chi connectivity index (χ4v) is 0.216. The lowest BCUT2D eigenvalue weighted by Crippen LogP contribution is -2.14. The fourth-order valence-electron chi connectivity index (χ4n) is 0.216. The van der Waals surface area contributed by atoms with Gasteiger partial charge in [-0.15, -0.1) is 5.32 Å². The van der Waals surface area contributed by atoms with E-state index in [0.717, 1.165) is 0 Å². The molecule has 0 saturated carbocycles. The average molecular weight is 101 g/mol. The predicted octanol–water partition coefficient (Wildman–Crippen LogP) is -0.634. The van der Waals surface area contributed by atoms with E-state index in [0.29, 0.717) is 0 Å². The summed E-state index contributed by atoms with van der Waals surface area (Å²) >= 11 is 0.